The molecule has 4 nitrogen and oxygen atoms in total. The van der Waals surface area contributed by atoms with E-state index in [4.69, 9.17) is 0 Å². The maximum atomic E-state index is 4.59. The molecule has 21 heavy (non-hydrogen) atoms. The van der Waals surface area contributed by atoms with Gasteiger partial charge in [-0.3, -0.25) is 0 Å². The molecule has 0 radical (unpaired) electrons. The van der Waals surface area contributed by atoms with Crippen LogP contribution in [0.15, 0.2) is 33.2 Å². The summed E-state index contributed by atoms with van der Waals surface area (Å²) < 4.78 is 1.96. The van der Waals surface area contributed by atoms with Crippen molar-refractivity contribution in [2.45, 2.75) is 26.7 Å². The molecule has 0 atom stereocenters. The summed E-state index contributed by atoms with van der Waals surface area (Å²) in [6.45, 7) is 7.05. The van der Waals surface area contributed by atoms with Gasteiger partial charge in [0.25, 0.3) is 0 Å². The third kappa shape index (κ3) is 4.17. The van der Waals surface area contributed by atoms with Crippen molar-refractivity contribution in [1.29, 1.82) is 0 Å². The fourth-order valence-corrected chi connectivity index (χ4v) is 3.00. The Morgan fingerprint density at radius 1 is 1.10 bits per heavy atom. The Balaban J connectivity index is 2.39. The van der Waals surface area contributed by atoms with Crippen molar-refractivity contribution in [2.75, 3.05) is 17.2 Å². The van der Waals surface area contributed by atoms with Crippen LogP contribution >= 0.6 is 31.9 Å². The van der Waals surface area contributed by atoms with E-state index >= 15 is 0 Å². The molecule has 1 aromatic heterocycles. The molecule has 1 heterocycles. The molecule has 0 aliphatic carbocycles. The van der Waals surface area contributed by atoms with E-state index in [0.29, 0.717) is 0 Å². The third-order valence-corrected chi connectivity index (χ3v) is 4.16. The molecule has 2 N–H and O–H groups in total. The second-order valence-electron chi connectivity index (χ2n) is 4.90. The molecule has 2 rings (SSSR count). The van der Waals surface area contributed by atoms with Crippen LogP contribution in [0.5, 0.6) is 0 Å². The fourth-order valence-electron chi connectivity index (χ4n) is 1.81. The lowest BCUT2D eigenvalue weighted by Crippen LogP contribution is -2.07. The van der Waals surface area contributed by atoms with Crippen LogP contribution in [0.4, 0.5) is 17.3 Å². The Hall–Kier alpha value is -1.14. The van der Waals surface area contributed by atoms with E-state index < -0.39 is 0 Å². The van der Waals surface area contributed by atoms with Gasteiger partial charge >= 0.3 is 0 Å². The van der Waals surface area contributed by atoms with Crippen LogP contribution in [0.1, 0.15) is 32.5 Å². The molecular formula is C15H18Br2N4. The molecular weight excluding hydrogens is 396 g/mol. The second kappa shape index (κ2) is 7.22. The number of nitrogens with zero attached hydrogens (tertiary/aromatic N) is 2. The van der Waals surface area contributed by atoms with E-state index in [1.807, 2.05) is 24.3 Å². The van der Waals surface area contributed by atoms with Crippen molar-refractivity contribution >= 4 is 49.2 Å². The molecule has 0 aliphatic rings. The molecule has 112 valence electrons. The van der Waals surface area contributed by atoms with Gasteiger partial charge in [0.1, 0.15) is 17.5 Å². The van der Waals surface area contributed by atoms with Crippen LogP contribution in [-0.2, 0) is 0 Å². The largest absolute Gasteiger partial charge is 0.370 e. The molecule has 0 unspecified atom stereocenters. The summed E-state index contributed by atoms with van der Waals surface area (Å²) in [5, 5.41) is 6.59. The molecule has 0 saturated heterocycles. The van der Waals surface area contributed by atoms with Crippen LogP contribution in [-0.4, -0.2) is 16.5 Å². The maximum absolute atomic E-state index is 4.59. The van der Waals surface area contributed by atoms with Gasteiger partial charge in [0.2, 0.25) is 0 Å². The first kappa shape index (κ1) is 16.2. The monoisotopic (exact) mass is 412 g/mol. The number of hydrogen-bond acceptors (Lipinski definition) is 4. The number of anilines is 3. The summed E-state index contributed by atoms with van der Waals surface area (Å²) in [5.74, 6) is 2.70. The Morgan fingerprint density at radius 3 is 2.29 bits per heavy atom. The number of halogens is 2. The zero-order valence-corrected chi connectivity index (χ0v) is 15.4. The number of aromatic nitrogens is 2. The Bertz CT molecular complexity index is 609. The third-order valence-electron chi connectivity index (χ3n) is 2.83. The van der Waals surface area contributed by atoms with Crippen molar-refractivity contribution in [3.05, 3.63) is 39.0 Å². The highest BCUT2D eigenvalue weighted by molar-refractivity contribution is 9.11. The quantitative estimate of drug-likeness (QED) is 0.698. The average Bonchev–Trinajstić information content (AvgIpc) is 2.43. The summed E-state index contributed by atoms with van der Waals surface area (Å²) in [6.07, 6.45) is 0. The van der Waals surface area contributed by atoms with Gasteiger partial charge in [0.05, 0.1) is 5.69 Å². The van der Waals surface area contributed by atoms with Gasteiger partial charge in [-0.2, -0.15) is 0 Å². The molecule has 0 spiro atoms. The van der Waals surface area contributed by atoms with E-state index in [1.165, 1.54) is 0 Å². The lowest BCUT2D eigenvalue weighted by molar-refractivity contribution is 0.777. The van der Waals surface area contributed by atoms with E-state index in [1.54, 1.807) is 0 Å². The molecule has 2 aromatic rings. The highest BCUT2D eigenvalue weighted by Crippen LogP contribution is 2.33. The highest BCUT2D eigenvalue weighted by Gasteiger charge is 2.10. The van der Waals surface area contributed by atoms with Gasteiger partial charge in [-0.25, -0.2) is 9.97 Å². The number of nitrogens with one attached hydrogen (secondary N) is 2. The predicted octanol–water partition coefficient (Wildman–Crippen LogP) is 5.30. The van der Waals surface area contributed by atoms with Crippen molar-refractivity contribution in [2.24, 2.45) is 0 Å². The summed E-state index contributed by atoms with van der Waals surface area (Å²) >= 11 is 7.10. The first-order valence-corrected chi connectivity index (χ1v) is 8.43. The van der Waals surface area contributed by atoms with Gasteiger partial charge in [-0.15, -0.1) is 0 Å². The molecule has 0 bridgehead atoms. The van der Waals surface area contributed by atoms with Crippen molar-refractivity contribution < 1.29 is 0 Å². The number of hydrogen-bond donors (Lipinski definition) is 2. The SMILES string of the molecule is CCNc1cc(Nc2c(Br)cccc2Br)nc(C(C)C)n1. The van der Waals surface area contributed by atoms with Crippen molar-refractivity contribution in [3.63, 3.8) is 0 Å². The number of benzene rings is 1. The first-order chi connectivity index (χ1) is 10.0. The Kier molecular flexibility index (Phi) is 5.58. The van der Waals surface area contributed by atoms with Crippen LogP contribution < -0.4 is 10.6 Å². The van der Waals surface area contributed by atoms with Crippen molar-refractivity contribution in [1.82, 2.24) is 9.97 Å². The fraction of sp³-hybridized carbons (Fsp3) is 0.333. The minimum Gasteiger partial charge on any atom is -0.370 e. The summed E-state index contributed by atoms with van der Waals surface area (Å²) in [5.41, 5.74) is 0.952. The van der Waals surface area contributed by atoms with Gasteiger partial charge in [0, 0.05) is 27.5 Å². The lowest BCUT2D eigenvalue weighted by atomic mass is 10.2. The summed E-state index contributed by atoms with van der Waals surface area (Å²) in [4.78, 5) is 9.11. The standard InChI is InChI=1S/C15H18Br2N4/c1-4-18-12-8-13(21-15(20-12)9(2)3)19-14-10(16)6-5-7-11(14)17/h5-9H,4H2,1-3H3,(H2,18,19,20,21). The zero-order chi connectivity index (χ0) is 15.4. The van der Waals surface area contributed by atoms with Gasteiger partial charge in [-0.1, -0.05) is 19.9 Å². The van der Waals surface area contributed by atoms with Crippen LogP contribution in [0.3, 0.4) is 0 Å². The Labute approximate surface area is 142 Å². The average molecular weight is 414 g/mol. The first-order valence-electron chi connectivity index (χ1n) is 6.85. The molecule has 6 heteroatoms. The van der Waals surface area contributed by atoms with Crippen LogP contribution in [0.2, 0.25) is 0 Å². The maximum Gasteiger partial charge on any atom is 0.136 e. The minimum atomic E-state index is 0.270. The van der Waals surface area contributed by atoms with Crippen molar-refractivity contribution in [3.8, 4) is 0 Å². The lowest BCUT2D eigenvalue weighted by Gasteiger charge is -2.14. The summed E-state index contributed by atoms with van der Waals surface area (Å²) in [6, 6.07) is 7.87. The van der Waals surface area contributed by atoms with Crippen LogP contribution in [0.25, 0.3) is 0 Å². The number of para-hydroxylation sites is 1. The normalized spacial score (nSPS) is 10.8. The molecule has 1 aromatic carbocycles. The minimum absolute atomic E-state index is 0.270. The smallest absolute Gasteiger partial charge is 0.136 e. The molecule has 0 fully saturated rings. The van der Waals surface area contributed by atoms with Gasteiger partial charge < -0.3 is 10.6 Å². The van der Waals surface area contributed by atoms with E-state index in [0.717, 1.165) is 38.6 Å². The van der Waals surface area contributed by atoms with Crippen LogP contribution in [0, 0.1) is 0 Å². The van der Waals surface area contributed by atoms with E-state index in [-0.39, 0.29) is 5.92 Å². The van der Waals surface area contributed by atoms with E-state index in [9.17, 15) is 0 Å². The Morgan fingerprint density at radius 2 is 1.71 bits per heavy atom. The van der Waals surface area contributed by atoms with E-state index in [2.05, 4.69) is 73.2 Å². The predicted molar refractivity (Wildman–Crippen MR) is 95.4 cm³/mol. The molecule has 0 saturated carbocycles. The second-order valence-corrected chi connectivity index (χ2v) is 6.61. The highest BCUT2D eigenvalue weighted by atomic mass is 79.9. The summed E-state index contributed by atoms with van der Waals surface area (Å²) in [7, 11) is 0. The van der Waals surface area contributed by atoms with Gasteiger partial charge in [-0.05, 0) is 50.9 Å². The number of rotatable bonds is 5. The molecule has 0 amide bonds. The topological polar surface area (TPSA) is 49.8 Å². The molecule has 0 aliphatic heterocycles. The van der Waals surface area contributed by atoms with Gasteiger partial charge in [0.15, 0.2) is 0 Å². The zero-order valence-electron chi connectivity index (χ0n) is 12.2.